The summed E-state index contributed by atoms with van der Waals surface area (Å²) in [6.07, 6.45) is 9.78. The van der Waals surface area contributed by atoms with Gasteiger partial charge in [0.25, 0.3) is 0 Å². The Hall–Kier alpha value is -0.0800. The molecule has 1 heterocycles. The molecule has 0 amide bonds. The fourth-order valence-corrected chi connectivity index (χ4v) is 3.55. The highest BCUT2D eigenvalue weighted by Gasteiger charge is 2.41. The first-order valence-corrected chi connectivity index (χ1v) is 7.29. The van der Waals surface area contributed by atoms with Crippen LogP contribution in [0.3, 0.4) is 0 Å². The highest BCUT2D eigenvalue weighted by atomic mass is 15.3. The largest absolute Gasteiger partial charge is 0.311 e. The number of hydrogen-bond donors (Lipinski definition) is 1. The molecule has 2 fully saturated rings. The number of nitrogens with one attached hydrogen (secondary N) is 1. The normalized spacial score (nSPS) is 30.8. The maximum absolute atomic E-state index is 3.78. The van der Waals surface area contributed by atoms with Crippen molar-refractivity contribution in [1.82, 2.24) is 10.2 Å². The first-order chi connectivity index (χ1) is 7.80. The van der Waals surface area contributed by atoms with Crippen LogP contribution in [0.25, 0.3) is 0 Å². The van der Waals surface area contributed by atoms with Crippen molar-refractivity contribution >= 4 is 0 Å². The summed E-state index contributed by atoms with van der Waals surface area (Å²) in [5, 5.41) is 3.78. The average molecular weight is 224 g/mol. The SMILES string of the molecule is CCCN1CC(CC)NCC12CCCCC2. The maximum atomic E-state index is 3.78. The summed E-state index contributed by atoms with van der Waals surface area (Å²) >= 11 is 0. The molecular weight excluding hydrogens is 196 g/mol. The van der Waals surface area contributed by atoms with Gasteiger partial charge in [-0.1, -0.05) is 33.1 Å². The van der Waals surface area contributed by atoms with Gasteiger partial charge in [-0.15, -0.1) is 0 Å². The lowest BCUT2D eigenvalue weighted by Gasteiger charge is -2.52. The minimum absolute atomic E-state index is 0.528. The van der Waals surface area contributed by atoms with Crippen molar-refractivity contribution in [2.75, 3.05) is 19.6 Å². The summed E-state index contributed by atoms with van der Waals surface area (Å²) < 4.78 is 0. The molecule has 1 N–H and O–H groups in total. The highest BCUT2D eigenvalue weighted by Crippen LogP contribution is 2.35. The van der Waals surface area contributed by atoms with Gasteiger partial charge < -0.3 is 5.32 Å². The van der Waals surface area contributed by atoms with Crippen LogP contribution in [0.5, 0.6) is 0 Å². The topological polar surface area (TPSA) is 15.3 Å². The molecular formula is C14H28N2. The van der Waals surface area contributed by atoms with Gasteiger partial charge >= 0.3 is 0 Å². The molecule has 0 aromatic heterocycles. The summed E-state index contributed by atoms with van der Waals surface area (Å²) in [6.45, 7) is 8.45. The third kappa shape index (κ3) is 2.43. The summed E-state index contributed by atoms with van der Waals surface area (Å²) in [7, 11) is 0. The number of hydrogen-bond acceptors (Lipinski definition) is 2. The van der Waals surface area contributed by atoms with E-state index in [1.54, 1.807) is 0 Å². The van der Waals surface area contributed by atoms with Gasteiger partial charge in [0.1, 0.15) is 0 Å². The minimum Gasteiger partial charge on any atom is -0.311 e. The highest BCUT2D eigenvalue weighted by molar-refractivity contribution is 5.00. The molecule has 1 aliphatic carbocycles. The van der Waals surface area contributed by atoms with Crippen molar-refractivity contribution < 1.29 is 0 Å². The summed E-state index contributed by atoms with van der Waals surface area (Å²) in [6, 6.07) is 0.735. The van der Waals surface area contributed by atoms with E-state index in [9.17, 15) is 0 Å². The van der Waals surface area contributed by atoms with Gasteiger partial charge in [0, 0.05) is 24.7 Å². The van der Waals surface area contributed by atoms with Crippen molar-refractivity contribution in [2.24, 2.45) is 0 Å². The molecule has 1 spiro atoms. The molecule has 2 nitrogen and oxygen atoms in total. The second-order valence-electron chi connectivity index (χ2n) is 5.72. The standard InChI is InChI=1S/C14H28N2/c1-3-10-16-11-13(4-2)15-12-14(16)8-6-5-7-9-14/h13,15H,3-12H2,1-2H3. The first kappa shape index (κ1) is 12.4. The van der Waals surface area contributed by atoms with Crippen molar-refractivity contribution in [2.45, 2.75) is 70.4 Å². The van der Waals surface area contributed by atoms with Crippen LogP contribution in [0, 0.1) is 0 Å². The molecule has 0 bridgehead atoms. The molecule has 0 aromatic carbocycles. The lowest BCUT2D eigenvalue weighted by molar-refractivity contribution is 0.00944. The zero-order chi connectivity index (χ0) is 11.4. The van der Waals surface area contributed by atoms with Crippen molar-refractivity contribution in [3.63, 3.8) is 0 Å². The zero-order valence-electron chi connectivity index (χ0n) is 11.1. The molecule has 1 atom stereocenters. The smallest absolute Gasteiger partial charge is 0.0334 e. The Morgan fingerprint density at radius 2 is 1.94 bits per heavy atom. The van der Waals surface area contributed by atoms with E-state index in [2.05, 4.69) is 24.1 Å². The lowest BCUT2D eigenvalue weighted by Crippen LogP contribution is -2.65. The monoisotopic (exact) mass is 224 g/mol. The van der Waals surface area contributed by atoms with Gasteiger partial charge in [-0.3, -0.25) is 4.90 Å². The molecule has 2 heteroatoms. The van der Waals surface area contributed by atoms with E-state index in [4.69, 9.17) is 0 Å². The molecule has 1 saturated heterocycles. The molecule has 1 unspecified atom stereocenters. The average Bonchev–Trinajstić information content (AvgIpc) is 2.34. The summed E-state index contributed by atoms with van der Waals surface area (Å²) in [5.41, 5.74) is 0.528. The van der Waals surface area contributed by atoms with E-state index in [-0.39, 0.29) is 0 Å². The Bertz CT molecular complexity index is 209. The molecule has 1 aliphatic heterocycles. The second-order valence-corrected chi connectivity index (χ2v) is 5.72. The Morgan fingerprint density at radius 1 is 1.19 bits per heavy atom. The number of nitrogens with zero attached hydrogens (tertiary/aromatic N) is 1. The molecule has 94 valence electrons. The minimum atomic E-state index is 0.528. The molecule has 0 radical (unpaired) electrons. The third-order valence-corrected chi connectivity index (χ3v) is 4.60. The van der Waals surface area contributed by atoms with Crippen LogP contribution < -0.4 is 5.32 Å². The van der Waals surface area contributed by atoms with Crippen molar-refractivity contribution in [3.05, 3.63) is 0 Å². The van der Waals surface area contributed by atoms with Crippen LogP contribution in [-0.4, -0.2) is 36.1 Å². The Kier molecular flexibility index (Phi) is 4.26. The van der Waals surface area contributed by atoms with E-state index in [0.29, 0.717) is 5.54 Å². The fourth-order valence-electron chi connectivity index (χ4n) is 3.55. The Labute approximate surface area is 101 Å². The second kappa shape index (κ2) is 5.50. The van der Waals surface area contributed by atoms with Gasteiger partial charge in [0.15, 0.2) is 0 Å². The maximum Gasteiger partial charge on any atom is 0.0334 e. The number of rotatable bonds is 3. The van der Waals surface area contributed by atoms with Crippen molar-refractivity contribution in [1.29, 1.82) is 0 Å². The van der Waals surface area contributed by atoms with Crippen LogP contribution in [0.1, 0.15) is 58.8 Å². The first-order valence-electron chi connectivity index (χ1n) is 7.29. The van der Waals surface area contributed by atoms with E-state index in [1.807, 2.05) is 0 Å². The van der Waals surface area contributed by atoms with Gasteiger partial charge in [-0.05, 0) is 32.2 Å². The van der Waals surface area contributed by atoms with Crippen LogP contribution in [0.15, 0.2) is 0 Å². The van der Waals surface area contributed by atoms with Crippen LogP contribution in [-0.2, 0) is 0 Å². The van der Waals surface area contributed by atoms with Crippen LogP contribution in [0.4, 0.5) is 0 Å². The molecule has 16 heavy (non-hydrogen) atoms. The van der Waals surface area contributed by atoms with Gasteiger partial charge in [0.2, 0.25) is 0 Å². The summed E-state index contributed by atoms with van der Waals surface area (Å²) in [4.78, 5) is 2.82. The van der Waals surface area contributed by atoms with E-state index in [1.165, 1.54) is 64.6 Å². The molecule has 2 aliphatic rings. The lowest BCUT2D eigenvalue weighted by atomic mass is 9.78. The van der Waals surface area contributed by atoms with Crippen LogP contribution in [0.2, 0.25) is 0 Å². The van der Waals surface area contributed by atoms with Gasteiger partial charge in [-0.2, -0.15) is 0 Å². The summed E-state index contributed by atoms with van der Waals surface area (Å²) in [5.74, 6) is 0. The predicted molar refractivity (Wildman–Crippen MR) is 69.8 cm³/mol. The van der Waals surface area contributed by atoms with E-state index < -0.39 is 0 Å². The predicted octanol–water partition coefficient (Wildman–Crippen LogP) is 2.78. The Balaban J connectivity index is 2.03. The quantitative estimate of drug-likeness (QED) is 0.793. The fraction of sp³-hybridized carbons (Fsp3) is 1.00. The molecule has 0 aromatic rings. The van der Waals surface area contributed by atoms with Gasteiger partial charge in [0.05, 0.1) is 0 Å². The zero-order valence-corrected chi connectivity index (χ0v) is 11.1. The van der Waals surface area contributed by atoms with E-state index in [0.717, 1.165) is 6.04 Å². The molecule has 2 rings (SSSR count). The van der Waals surface area contributed by atoms with E-state index >= 15 is 0 Å². The van der Waals surface area contributed by atoms with Crippen LogP contribution >= 0.6 is 0 Å². The number of piperazine rings is 1. The third-order valence-electron chi connectivity index (χ3n) is 4.60. The Morgan fingerprint density at radius 3 is 2.56 bits per heavy atom. The van der Waals surface area contributed by atoms with Crippen molar-refractivity contribution in [3.8, 4) is 0 Å². The molecule has 1 saturated carbocycles. The van der Waals surface area contributed by atoms with Gasteiger partial charge in [-0.25, -0.2) is 0 Å².